The number of aliphatic hydroxyl groups is 8. The van der Waals surface area contributed by atoms with Gasteiger partial charge in [-0.1, -0.05) is 23.2 Å². The molecule has 14 rings (SSSR count). The highest BCUT2D eigenvalue weighted by molar-refractivity contribution is 7.86. The lowest BCUT2D eigenvalue weighted by Crippen LogP contribution is -2.44. The van der Waals surface area contributed by atoms with Crippen LogP contribution in [0.4, 0.5) is 0 Å². The first-order valence-electron chi connectivity index (χ1n) is 44.0. The number of methoxy groups -OCH3 is 11. The van der Waals surface area contributed by atoms with Crippen molar-refractivity contribution in [3.63, 3.8) is 0 Å². The summed E-state index contributed by atoms with van der Waals surface area (Å²) in [6.07, 6.45) is 3.22. The van der Waals surface area contributed by atoms with E-state index in [0.29, 0.717) is 58.4 Å². The second-order valence-electron chi connectivity index (χ2n) is 34.5. The summed E-state index contributed by atoms with van der Waals surface area (Å²) < 4.78 is 182. The molecule has 0 radical (unpaired) electrons. The second kappa shape index (κ2) is 56.0. The third kappa shape index (κ3) is 38.0. The summed E-state index contributed by atoms with van der Waals surface area (Å²) >= 11 is 0. The first-order valence-corrected chi connectivity index (χ1v) is 49.4. The molecule has 0 aromatic rings. The standard InChI is InChI=1S/C12H18O7S.C11H17N3O7S.C11H16O5.C10H15N3O5.C10H15NO4.C9H14O7S.C9H12O3.C8H10O4.C7H10O5/c1-12(2)17-8-5-7(11(13)16-3)6-9(10(8)18-12)19-20(4,14)15;1-18-6-20-9-5-7(11(15)19-2)4-8(13-14-12)10(9)21-22(3,16)17;1-11(2)15-8-5-6(10(13)14-3)4-7(12)9(8)16-11;1-16-5-18-8-4-6(10(15)17-2)3-7(9(8)14)12-13-11;1-13-5-15-8-4-6(10(12)14-2)3-7-9(8)11-7;1-15-9(12)5-3-6(10)8(11)7(4-5)16-17(2,13)14;1-5-3-6(9(10)11-2)4-7-8(5)12-7;1-11-8(10)4-2-5(9)7-6(3-4)12-7;8-4-1-3(7(11)12)2-5(9)6(4)10/h5,8-10H,6H2,1-4H3;5,8-10H,4,6H2,1-3H3;5,7-9,12H,4H2,1-3H3;4,7-9,14H,3,5H2,1-2H3;4,7-9,11H,3,5H2,1-2H3;3,6-8,10-11H,4H2,1-2H3;3,5,7-8H,4H2,1-2H3;2,5-7,9H,3H2,1H3;1,4-6,8-10H,2H2,(H,11,12)/t8-,9-,10-;8-,9-,10+;2*7-,8-,9+;7-,8-,9-;6-,7-,8-;5-,7+,8-;5-,6+,7-;4-,5-,6-/m111111111/s1. The van der Waals surface area contributed by atoms with Gasteiger partial charge in [0, 0.05) is 132 Å². The van der Waals surface area contributed by atoms with E-state index >= 15 is 0 Å². The Labute approximate surface area is 828 Å². The summed E-state index contributed by atoms with van der Waals surface area (Å²) in [5, 5.41) is 93.9. The van der Waals surface area contributed by atoms with E-state index in [2.05, 4.69) is 74.4 Å². The molecule has 0 saturated carbocycles. The van der Waals surface area contributed by atoms with Gasteiger partial charge in [0.05, 0.1) is 136 Å². The van der Waals surface area contributed by atoms with Gasteiger partial charge < -0.3 is 146 Å². The molecule has 5 aliphatic heterocycles. The Hall–Kier alpha value is -9.60. The number of azide groups is 2. The quantitative estimate of drug-likeness (QED) is 0.00734. The number of aliphatic hydroxyl groups excluding tert-OH is 8. The fourth-order valence-electron chi connectivity index (χ4n) is 16.0. The maximum Gasteiger partial charge on any atom is 0.333 e. The van der Waals surface area contributed by atoms with Crippen LogP contribution in [0, 0.1) is 5.92 Å². The van der Waals surface area contributed by atoms with Crippen LogP contribution in [0.2, 0.25) is 0 Å². The van der Waals surface area contributed by atoms with Crippen LogP contribution < -0.4 is 5.32 Å². The largest absolute Gasteiger partial charge is 0.478 e. The number of esters is 8. The van der Waals surface area contributed by atoms with Crippen molar-refractivity contribution in [3.05, 3.63) is 126 Å². The van der Waals surface area contributed by atoms with Gasteiger partial charge in [-0.05, 0) is 107 Å². The van der Waals surface area contributed by atoms with E-state index in [0.717, 1.165) is 56.4 Å². The molecule has 5 heterocycles. The Morgan fingerprint density at radius 3 is 1.19 bits per heavy atom. The van der Waals surface area contributed by atoms with Gasteiger partial charge in [-0.25, -0.2) is 43.2 Å². The molecule has 10 N–H and O–H groups in total. The number of ether oxygens (including phenoxy) is 20. The maximum atomic E-state index is 11.7. The number of carbonyl (C=O) groups is 9. The molecule has 0 bridgehead atoms. The fraction of sp³-hybridized carbons (Fsp3) is 0.690. The number of nitrogens with zero attached hydrogens (tertiary/aromatic N) is 6. The molecule has 0 aromatic heterocycles. The third-order valence-electron chi connectivity index (χ3n) is 22.7. The predicted octanol–water partition coefficient (Wildman–Crippen LogP) is -0.885. The zero-order valence-electron chi connectivity index (χ0n) is 82.2. The highest BCUT2D eigenvalue weighted by Crippen LogP contribution is 2.43. The molecule has 810 valence electrons. The smallest absolute Gasteiger partial charge is 0.333 e. The SMILES string of the molecule is COC(=O)C1=C[C@@H](C)[C@H]2O[C@H]2C1.COC(=O)C1=C[C@@H](O)[C@@H](O)[C@H](OS(C)(=O)=O)C1.COC(=O)C1=C[C@@H](O)[C@H]2O[C@H]2C1.COC(=O)C1=C[C@H]2OC(C)(C)O[C@H]2[C@H](O)C1.COC(=O)C1=C[C@H]2OC(C)(C)O[C@H]2[C@H](OS(C)(=O)=O)C1.COCO[C@@H]1C=C(C(=O)OC)C[C@@H](N=[N+]=[N-])[C@@H]1O.COCO[C@@H]1C=C(C(=O)OC)C[C@@H](N=[N+]=[N-])[C@@H]1OS(C)(=O)=O.COCO[C@@H]1C=C(C(=O)OC)C[C@H]2N[C@H]21.O=C(O)C1=C[C@@H](O)[C@@H](O)[C@H](O)C1. The van der Waals surface area contributed by atoms with Gasteiger partial charge in [0.2, 0.25) is 0 Å². The molecule has 0 unspecified atom stereocenters. The van der Waals surface area contributed by atoms with Crippen LogP contribution in [0.15, 0.2) is 115 Å². The first kappa shape index (κ1) is 123. The molecule has 54 nitrogen and oxygen atoms in total. The summed E-state index contributed by atoms with van der Waals surface area (Å²) in [5.41, 5.74) is 20.3. The van der Waals surface area contributed by atoms with E-state index in [4.69, 9.17) is 96.7 Å². The van der Waals surface area contributed by atoms with Crippen molar-refractivity contribution in [2.45, 2.75) is 262 Å². The third-order valence-corrected chi connectivity index (χ3v) is 24.5. The second-order valence-corrected chi connectivity index (χ2v) is 39.3. The van der Waals surface area contributed by atoms with Gasteiger partial charge in [-0.15, -0.1) is 0 Å². The Bertz CT molecular complexity index is 5190. The molecule has 27 atom stereocenters. The van der Waals surface area contributed by atoms with Gasteiger partial charge >= 0.3 is 53.7 Å². The van der Waals surface area contributed by atoms with Gasteiger partial charge in [-0.3, -0.25) is 12.5 Å². The van der Waals surface area contributed by atoms with Crippen molar-refractivity contribution in [2.75, 3.05) is 117 Å². The summed E-state index contributed by atoms with van der Waals surface area (Å²) in [6, 6.07) is -1.03. The number of nitrogens with one attached hydrogen (secondary N) is 1. The Kier molecular flexibility index (Phi) is 47.8. The number of fused-ring (bicyclic) bond motifs is 5. The number of hydrogen-bond acceptors (Lipinski definition) is 49. The minimum atomic E-state index is -3.83. The Morgan fingerprint density at radius 1 is 0.389 bits per heavy atom. The van der Waals surface area contributed by atoms with Crippen LogP contribution in [0.25, 0.3) is 20.9 Å². The van der Waals surface area contributed by atoms with Crippen LogP contribution in [0.5, 0.6) is 0 Å². The molecular weight excluding hydrogens is 1990 g/mol. The lowest BCUT2D eigenvalue weighted by atomic mass is 9.90. The maximum absolute atomic E-state index is 11.7. The van der Waals surface area contributed by atoms with E-state index in [1.165, 1.54) is 82.2 Å². The van der Waals surface area contributed by atoms with E-state index in [1.807, 2.05) is 12.2 Å². The summed E-state index contributed by atoms with van der Waals surface area (Å²) in [5.74, 6) is -6.07. The van der Waals surface area contributed by atoms with Gasteiger partial charge in [0.1, 0.15) is 112 Å². The van der Waals surface area contributed by atoms with Crippen molar-refractivity contribution in [2.24, 2.45) is 16.1 Å². The van der Waals surface area contributed by atoms with Crippen LogP contribution in [-0.2, 0) is 181 Å². The van der Waals surface area contributed by atoms with Gasteiger partial charge in [-0.2, -0.15) is 25.3 Å². The van der Waals surface area contributed by atoms with Crippen LogP contribution in [0.1, 0.15) is 92.4 Å². The topological polar surface area (TPSA) is 776 Å². The minimum Gasteiger partial charge on any atom is -0.478 e. The monoisotopic (exact) mass is 2120 g/mol. The average Bonchev–Trinajstić information content (AvgIpc) is 1.64. The molecule has 5 saturated heterocycles. The molecular formula is C87H127N7O47S3. The lowest BCUT2D eigenvalue weighted by molar-refractivity contribution is -0.152. The number of carbonyl (C=O) groups excluding carboxylic acids is 8. The van der Waals surface area contributed by atoms with Crippen molar-refractivity contribution in [1.29, 1.82) is 0 Å². The number of epoxide rings is 2. The zero-order valence-corrected chi connectivity index (χ0v) is 84.7. The van der Waals surface area contributed by atoms with Crippen molar-refractivity contribution in [1.82, 2.24) is 5.32 Å². The van der Waals surface area contributed by atoms with E-state index in [-0.39, 0.29) is 124 Å². The van der Waals surface area contributed by atoms with Crippen molar-refractivity contribution in [3.8, 4) is 0 Å². The molecule has 0 spiro atoms. The minimum absolute atomic E-state index is 0.0240. The van der Waals surface area contributed by atoms with Gasteiger partial charge in [0.15, 0.2) is 11.6 Å². The number of rotatable bonds is 26. The molecule has 5 fully saturated rings. The van der Waals surface area contributed by atoms with E-state index < -0.39 is 187 Å². The summed E-state index contributed by atoms with van der Waals surface area (Å²) in [7, 11) is 3.43. The van der Waals surface area contributed by atoms with E-state index in [1.54, 1.807) is 47.0 Å². The highest BCUT2D eigenvalue weighted by atomic mass is 32.2. The summed E-state index contributed by atoms with van der Waals surface area (Å²) in [6.45, 7) is 9.08. The normalized spacial score (nSPS) is 32.0. The van der Waals surface area contributed by atoms with Crippen LogP contribution in [0.3, 0.4) is 0 Å². The molecule has 0 aromatic carbocycles. The van der Waals surface area contributed by atoms with Crippen molar-refractivity contribution >= 4 is 84.1 Å². The Morgan fingerprint density at radius 2 is 0.743 bits per heavy atom. The number of aliphatic carboxylic acids is 1. The number of carboxylic acids is 1. The summed E-state index contributed by atoms with van der Waals surface area (Å²) in [4.78, 5) is 107. The van der Waals surface area contributed by atoms with Crippen LogP contribution in [-0.4, -0.2) is 412 Å². The fourth-order valence-corrected chi connectivity index (χ4v) is 17.9. The molecule has 0 amide bonds. The van der Waals surface area contributed by atoms with Gasteiger partial charge in [0.25, 0.3) is 30.4 Å². The van der Waals surface area contributed by atoms with Crippen LogP contribution >= 0.6 is 0 Å². The predicted molar refractivity (Wildman–Crippen MR) is 486 cm³/mol. The number of carboxylic acid groups (broad SMARTS) is 1. The lowest BCUT2D eigenvalue weighted by Gasteiger charge is -2.32. The molecule has 14 aliphatic rings. The molecule has 9 aliphatic carbocycles. The zero-order chi connectivity index (χ0) is 108. The Balaban J connectivity index is 0.000000249. The molecule has 144 heavy (non-hydrogen) atoms. The average molecular weight is 2120 g/mol. The highest BCUT2D eigenvalue weighted by Gasteiger charge is 2.53. The van der Waals surface area contributed by atoms with E-state index in [9.17, 15) is 93.9 Å². The molecule has 57 heteroatoms. The van der Waals surface area contributed by atoms with Crippen molar-refractivity contribution < 1.29 is 222 Å². The number of hydrogen-bond donors (Lipinski definition) is 10. The first-order chi connectivity index (χ1) is 67.4.